The molecule has 0 saturated carbocycles. The van der Waals surface area contributed by atoms with Crippen LogP contribution >= 0.6 is 39.1 Å². The van der Waals surface area contributed by atoms with Gasteiger partial charge in [-0.25, -0.2) is 9.59 Å². The summed E-state index contributed by atoms with van der Waals surface area (Å²) in [7, 11) is 0. The number of fused-ring (bicyclic) bond motifs is 1. The highest BCUT2D eigenvalue weighted by molar-refractivity contribution is 9.10. The van der Waals surface area contributed by atoms with E-state index in [1.807, 2.05) is 0 Å². The van der Waals surface area contributed by atoms with Crippen LogP contribution in [0.25, 0.3) is 11.0 Å². The number of hydrogen-bond acceptors (Lipinski definition) is 6. The molecule has 0 unspecified atom stereocenters. The first-order chi connectivity index (χ1) is 14.5. The number of carbonyl (C=O) groups excluding carboxylic acids is 1. The van der Waals surface area contributed by atoms with Gasteiger partial charge in [-0.05, 0) is 45.0 Å². The zero-order valence-electron chi connectivity index (χ0n) is 16.6. The van der Waals surface area contributed by atoms with Crippen molar-refractivity contribution in [2.24, 2.45) is 0 Å². The maximum atomic E-state index is 12.4. The van der Waals surface area contributed by atoms with Gasteiger partial charge in [0.05, 0.1) is 15.4 Å². The molecule has 0 aliphatic heterocycles. The Morgan fingerprint density at radius 3 is 2.52 bits per heavy atom. The number of carboxylic acid groups (broad SMARTS) is 1. The lowest BCUT2D eigenvalue weighted by atomic mass is 10.1. The summed E-state index contributed by atoms with van der Waals surface area (Å²) in [6, 6.07) is 8.11. The molecule has 11 heteroatoms. The largest absolute Gasteiger partial charge is 0.489 e. The van der Waals surface area contributed by atoms with Crippen molar-refractivity contribution in [3.8, 4) is 5.75 Å². The van der Waals surface area contributed by atoms with Crippen LogP contribution in [0, 0.1) is 0 Å². The molecule has 3 aromatic rings. The zero-order valence-corrected chi connectivity index (χ0v) is 19.7. The van der Waals surface area contributed by atoms with Gasteiger partial charge in [0, 0.05) is 16.1 Å². The Morgan fingerprint density at radius 1 is 1.19 bits per heavy atom. The first-order valence-corrected chi connectivity index (χ1v) is 10.4. The average Bonchev–Trinajstić information content (AvgIpc) is 3.03. The van der Waals surface area contributed by atoms with E-state index in [9.17, 15) is 14.7 Å². The van der Waals surface area contributed by atoms with Gasteiger partial charge in [0.25, 0.3) is 0 Å². The Morgan fingerprint density at radius 2 is 1.90 bits per heavy atom. The monoisotopic (exact) mass is 530 g/mol. The van der Waals surface area contributed by atoms with E-state index in [0.717, 1.165) is 0 Å². The highest BCUT2D eigenvalue weighted by atomic mass is 79.9. The van der Waals surface area contributed by atoms with Gasteiger partial charge in [0.15, 0.2) is 11.4 Å². The third kappa shape index (κ3) is 5.41. The maximum absolute atomic E-state index is 12.4. The Balaban J connectivity index is 1.89. The molecular weight excluding hydrogens is 515 g/mol. The number of anilines is 1. The van der Waals surface area contributed by atoms with Crippen LogP contribution in [-0.2, 0) is 11.3 Å². The van der Waals surface area contributed by atoms with Gasteiger partial charge in [0.2, 0.25) is 0 Å². The van der Waals surface area contributed by atoms with E-state index >= 15 is 0 Å². The number of halogens is 3. The summed E-state index contributed by atoms with van der Waals surface area (Å²) in [6.07, 6.45) is -2.63. The SMILES string of the molecule is CC(C)(C)OC(=O)N(C(=O)O)c1noc2cc(COc3ccc(Cl)c(Cl)c3)c(Br)cc12. The number of ether oxygens (including phenoxy) is 2. The van der Waals surface area contributed by atoms with Gasteiger partial charge in [-0.3, -0.25) is 0 Å². The second kappa shape index (κ2) is 8.94. The third-order valence-electron chi connectivity index (χ3n) is 3.88. The number of rotatable bonds is 4. The zero-order chi connectivity index (χ0) is 22.9. The number of nitrogens with zero attached hydrogens (tertiary/aromatic N) is 2. The summed E-state index contributed by atoms with van der Waals surface area (Å²) in [5.74, 6) is 0.316. The Kier molecular flexibility index (Phi) is 6.68. The standard InChI is InChI=1S/C20H17BrCl2N2O6/c1-20(2,3)30-19(28)25(18(26)27)17-12-8-13(21)10(6-16(12)31-24-17)9-29-11-4-5-14(22)15(23)7-11/h4-8H,9H2,1-3H3,(H,26,27). The fraction of sp³-hybridized carbons (Fsp3) is 0.250. The van der Waals surface area contributed by atoms with Gasteiger partial charge in [-0.15, -0.1) is 0 Å². The number of benzene rings is 2. The summed E-state index contributed by atoms with van der Waals surface area (Å²) in [6.45, 7) is 5.03. The number of hydrogen-bond donors (Lipinski definition) is 1. The first-order valence-electron chi connectivity index (χ1n) is 8.88. The van der Waals surface area contributed by atoms with Gasteiger partial charge in [0.1, 0.15) is 18.0 Å². The molecule has 0 radical (unpaired) electrons. The smallest absolute Gasteiger partial charge is 0.425 e. The lowest BCUT2D eigenvalue weighted by molar-refractivity contribution is 0.0580. The minimum Gasteiger partial charge on any atom is -0.489 e. The highest BCUT2D eigenvalue weighted by Crippen LogP contribution is 2.33. The maximum Gasteiger partial charge on any atom is 0.425 e. The quantitative estimate of drug-likeness (QED) is 0.390. The van der Waals surface area contributed by atoms with Crippen molar-refractivity contribution in [3.63, 3.8) is 0 Å². The van der Waals surface area contributed by atoms with Crippen molar-refractivity contribution < 1.29 is 28.7 Å². The van der Waals surface area contributed by atoms with E-state index in [1.54, 1.807) is 51.1 Å². The Bertz CT molecular complexity index is 1160. The minimum atomic E-state index is -1.55. The molecule has 0 atom stereocenters. The van der Waals surface area contributed by atoms with Gasteiger partial charge in [-0.1, -0.05) is 44.3 Å². The van der Waals surface area contributed by atoms with Crippen molar-refractivity contribution in [2.75, 3.05) is 4.90 Å². The molecule has 1 heterocycles. The van der Waals surface area contributed by atoms with Crippen molar-refractivity contribution in [3.05, 3.63) is 50.4 Å². The summed E-state index contributed by atoms with van der Waals surface area (Å²) in [5.41, 5.74) is 0.0705. The van der Waals surface area contributed by atoms with Gasteiger partial charge in [-0.2, -0.15) is 4.90 Å². The van der Waals surface area contributed by atoms with Crippen LogP contribution in [0.5, 0.6) is 5.75 Å². The fourth-order valence-electron chi connectivity index (χ4n) is 2.55. The molecule has 0 saturated heterocycles. The second-order valence-corrected chi connectivity index (χ2v) is 9.08. The van der Waals surface area contributed by atoms with Crippen molar-refractivity contribution >= 4 is 68.1 Å². The molecule has 0 aliphatic carbocycles. The number of aromatic nitrogens is 1. The van der Waals surface area contributed by atoms with Gasteiger partial charge < -0.3 is 19.1 Å². The van der Waals surface area contributed by atoms with E-state index in [4.69, 9.17) is 37.2 Å². The number of imide groups is 1. The lowest BCUT2D eigenvalue weighted by Gasteiger charge is -2.23. The van der Waals surface area contributed by atoms with Crippen LogP contribution < -0.4 is 9.64 Å². The molecule has 31 heavy (non-hydrogen) atoms. The summed E-state index contributed by atoms with van der Waals surface area (Å²) in [5, 5.41) is 14.4. The molecule has 0 fully saturated rings. The number of carbonyl (C=O) groups is 2. The molecule has 2 aromatic carbocycles. The Labute approximate surface area is 195 Å². The molecule has 1 N–H and O–H groups in total. The number of amides is 2. The van der Waals surface area contributed by atoms with Crippen LogP contribution in [-0.4, -0.2) is 28.1 Å². The average molecular weight is 532 g/mol. The fourth-order valence-corrected chi connectivity index (χ4v) is 3.30. The van der Waals surface area contributed by atoms with E-state index in [2.05, 4.69) is 21.1 Å². The predicted octanol–water partition coefficient (Wildman–Crippen LogP) is 6.90. The molecule has 0 bridgehead atoms. The molecule has 8 nitrogen and oxygen atoms in total. The molecule has 164 valence electrons. The Hall–Kier alpha value is -2.49. The second-order valence-electron chi connectivity index (χ2n) is 7.41. The van der Waals surface area contributed by atoms with E-state index in [-0.39, 0.29) is 18.0 Å². The lowest BCUT2D eigenvalue weighted by Crippen LogP contribution is -2.40. The van der Waals surface area contributed by atoms with Crippen LogP contribution in [0.3, 0.4) is 0 Å². The van der Waals surface area contributed by atoms with E-state index in [1.165, 1.54) is 0 Å². The molecule has 3 rings (SSSR count). The van der Waals surface area contributed by atoms with Crippen LogP contribution in [0.15, 0.2) is 39.3 Å². The summed E-state index contributed by atoms with van der Waals surface area (Å²) >= 11 is 15.3. The molecule has 0 aliphatic rings. The minimum absolute atomic E-state index is 0.152. The third-order valence-corrected chi connectivity index (χ3v) is 5.36. The topological polar surface area (TPSA) is 102 Å². The summed E-state index contributed by atoms with van der Waals surface area (Å²) < 4.78 is 16.8. The van der Waals surface area contributed by atoms with Crippen LogP contribution in [0.2, 0.25) is 10.0 Å². The highest BCUT2D eigenvalue weighted by Gasteiger charge is 2.32. The predicted molar refractivity (Wildman–Crippen MR) is 119 cm³/mol. The van der Waals surface area contributed by atoms with Crippen LogP contribution in [0.4, 0.5) is 15.4 Å². The first kappa shape index (κ1) is 23.2. The van der Waals surface area contributed by atoms with Crippen molar-refractivity contribution in [2.45, 2.75) is 33.0 Å². The van der Waals surface area contributed by atoms with Gasteiger partial charge >= 0.3 is 12.2 Å². The summed E-state index contributed by atoms with van der Waals surface area (Å²) in [4.78, 5) is 24.5. The molecule has 1 aromatic heterocycles. The van der Waals surface area contributed by atoms with Crippen LogP contribution in [0.1, 0.15) is 26.3 Å². The molecular formula is C20H17BrCl2N2O6. The molecule has 0 spiro atoms. The molecule has 2 amide bonds. The van der Waals surface area contributed by atoms with Crippen molar-refractivity contribution in [1.29, 1.82) is 0 Å². The van der Waals surface area contributed by atoms with E-state index < -0.39 is 17.8 Å². The normalized spacial score (nSPS) is 11.4. The van der Waals surface area contributed by atoms with E-state index in [0.29, 0.717) is 36.1 Å². The van der Waals surface area contributed by atoms with Crippen molar-refractivity contribution in [1.82, 2.24) is 5.16 Å².